The highest BCUT2D eigenvalue weighted by Gasteiger charge is 2.23. The molecular weight excluding hydrogens is 320 g/mol. The first-order valence-corrected chi connectivity index (χ1v) is 8.66. The summed E-state index contributed by atoms with van der Waals surface area (Å²) in [6.07, 6.45) is 3.04. The van der Waals surface area contributed by atoms with E-state index in [9.17, 15) is 4.79 Å². The molecule has 7 nitrogen and oxygen atoms in total. The molecule has 1 saturated carbocycles. The SMILES string of the molecule is CN=C(NCCOC)NCCc1ccc(OCC(=O)NC2CC2)cc1. The molecule has 0 radical (unpaired) electrons. The van der Waals surface area contributed by atoms with Gasteiger partial charge in [-0.05, 0) is 37.0 Å². The smallest absolute Gasteiger partial charge is 0.258 e. The fraction of sp³-hybridized carbons (Fsp3) is 0.556. The van der Waals surface area contributed by atoms with Gasteiger partial charge in [0.15, 0.2) is 12.6 Å². The van der Waals surface area contributed by atoms with Crippen LogP contribution in [0.5, 0.6) is 5.75 Å². The molecule has 2 rings (SSSR count). The monoisotopic (exact) mass is 348 g/mol. The van der Waals surface area contributed by atoms with Crippen molar-refractivity contribution < 1.29 is 14.3 Å². The molecule has 1 aliphatic rings. The summed E-state index contributed by atoms with van der Waals surface area (Å²) in [7, 11) is 3.42. The van der Waals surface area contributed by atoms with E-state index in [0.29, 0.717) is 18.4 Å². The molecule has 0 spiro atoms. The van der Waals surface area contributed by atoms with Crippen LogP contribution in [0.15, 0.2) is 29.3 Å². The molecule has 25 heavy (non-hydrogen) atoms. The number of carbonyl (C=O) groups excluding carboxylic acids is 1. The number of ether oxygens (including phenoxy) is 2. The summed E-state index contributed by atoms with van der Waals surface area (Å²) in [6, 6.07) is 8.18. The number of guanidine groups is 1. The highest BCUT2D eigenvalue weighted by molar-refractivity contribution is 5.79. The summed E-state index contributed by atoms with van der Waals surface area (Å²) in [4.78, 5) is 15.7. The van der Waals surface area contributed by atoms with Crippen LogP contribution in [-0.4, -0.2) is 58.4 Å². The van der Waals surface area contributed by atoms with Gasteiger partial charge in [0.05, 0.1) is 6.61 Å². The van der Waals surface area contributed by atoms with Gasteiger partial charge in [-0.1, -0.05) is 12.1 Å². The van der Waals surface area contributed by atoms with Gasteiger partial charge in [-0.25, -0.2) is 0 Å². The van der Waals surface area contributed by atoms with Crippen molar-refractivity contribution in [1.29, 1.82) is 0 Å². The highest BCUT2D eigenvalue weighted by atomic mass is 16.5. The number of nitrogens with one attached hydrogen (secondary N) is 3. The summed E-state index contributed by atoms with van der Waals surface area (Å²) in [5, 5.41) is 9.32. The van der Waals surface area contributed by atoms with Gasteiger partial charge in [0, 0.05) is 33.3 Å². The van der Waals surface area contributed by atoms with E-state index >= 15 is 0 Å². The lowest BCUT2D eigenvalue weighted by atomic mass is 10.1. The van der Waals surface area contributed by atoms with E-state index in [4.69, 9.17) is 9.47 Å². The van der Waals surface area contributed by atoms with Gasteiger partial charge >= 0.3 is 0 Å². The van der Waals surface area contributed by atoms with Crippen molar-refractivity contribution in [3.05, 3.63) is 29.8 Å². The summed E-state index contributed by atoms with van der Waals surface area (Å²) >= 11 is 0. The van der Waals surface area contributed by atoms with Crippen LogP contribution in [0.3, 0.4) is 0 Å². The third-order valence-electron chi connectivity index (χ3n) is 3.76. The van der Waals surface area contributed by atoms with Crippen LogP contribution in [0.25, 0.3) is 0 Å². The van der Waals surface area contributed by atoms with Crippen LogP contribution in [0.4, 0.5) is 0 Å². The molecule has 0 unspecified atom stereocenters. The molecule has 0 aromatic heterocycles. The Morgan fingerprint density at radius 3 is 2.56 bits per heavy atom. The molecule has 1 aromatic carbocycles. The first-order chi connectivity index (χ1) is 12.2. The third-order valence-corrected chi connectivity index (χ3v) is 3.76. The quantitative estimate of drug-likeness (QED) is 0.329. The minimum atomic E-state index is -0.0527. The number of benzene rings is 1. The lowest BCUT2D eigenvalue weighted by Gasteiger charge is -2.11. The second-order valence-electron chi connectivity index (χ2n) is 5.94. The minimum absolute atomic E-state index is 0.0527. The van der Waals surface area contributed by atoms with Crippen molar-refractivity contribution in [2.45, 2.75) is 25.3 Å². The topological polar surface area (TPSA) is 84.0 Å². The number of carbonyl (C=O) groups is 1. The molecule has 1 aromatic rings. The molecule has 1 amide bonds. The maximum atomic E-state index is 11.6. The fourth-order valence-electron chi connectivity index (χ4n) is 2.22. The summed E-state index contributed by atoms with van der Waals surface area (Å²) < 4.78 is 10.5. The zero-order chi connectivity index (χ0) is 17.9. The van der Waals surface area contributed by atoms with Crippen LogP contribution in [0.1, 0.15) is 18.4 Å². The minimum Gasteiger partial charge on any atom is -0.484 e. The van der Waals surface area contributed by atoms with Crippen molar-refractivity contribution in [2.24, 2.45) is 4.99 Å². The van der Waals surface area contributed by atoms with Crippen LogP contribution in [0, 0.1) is 0 Å². The van der Waals surface area contributed by atoms with Crippen LogP contribution < -0.4 is 20.7 Å². The third kappa shape index (κ3) is 7.89. The number of hydrogen-bond acceptors (Lipinski definition) is 4. The molecule has 0 aliphatic heterocycles. The lowest BCUT2D eigenvalue weighted by molar-refractivity contribution is -0.123. The Morgan fingerprint density at radius 1 is 1.20 bits per heavy atom. The van der Waals surface area contributed by atoms with Gasteiger partial charge in [-0.3, -0.25) is 9.79 Å². The van der Waals surface area contributed by atoms with Crippen molar-refractivity contribution in [3.63, 3.8) is 0 Å². The van der Waals surface area contributed by atoms with E-state index in [1.165, 1.54) is 5.56 Å². The van der Waals surface area contributed by atoms with Crippen molar-refractivity contribution in [2.75, 3.05) is 40.5 Å². The second kappa shape index (κ2) is 10.6. The Balaban J connectivity index is 1.64. The predicted molar refractivity (Wildman–Crippen MR) is 98.0 cm³/mol. The largest absolute Gasteiger partial charge is 0.484 e. The molecule has 3 N–H and O–H groups in total. The number of nitrogens with zero attached hydrogens (tertiary/aromatic N) is 1. The van der Waals surface area contributed by atoms with E-state index in [2.05, 4.69) is 20.9 Å². The number of rotatable bonds is 10. The predicted octanol–water partition coefficient (Wildman–Crippen LogP) is 0.698. The molecule has 0 heterocycles. The lowest BCUT2D eigenvalue weighted by Crippen LogP contribution is -2.39. The summed E-state index contributed by atoms with van der Waals surface area (Å²) in [6.45, 7) is 2.20. The Bertz CT molecular complexity index is 556. The first kappa shape index (κ1) is 19.1. The average Bonchev–Trinajstić information content (AvgIpc) is 3.43. The number of amides is 1. The van der Waals surface area contributed by atoms with E-state index in [-0.39, 0.29) is 12.5 Å². The Labute approximate surface area is 149 Å². The first-order valence-electron chi connectivity index (χ1n) is 8.66. The van der Waals surface area contributed by atoms with Crippen LogP contribution in [-0.2, 0) is 16.0 Å². The van der Waals surface area contributed by atoms with E-state index < -0.39 is 0 Å². The number of aliphatic imine (C=N–C) groups is 1. The molecule has 0 saturated heterocycles. The van der Waals surface area contributed by atoms with E-state index in [0.717, 1.165) is 38.3 Å². The van der Waals surface area contributed by atoms with Crippen molar-refractivity contribution in [3.8, 4) is 5.75 Å². The van der Waals surface area contributed by atoms with Gasteiger partial charge in [0.1, 0.15) is 5.75 Å². The van der Waals surface area contributed by atoms with Crippen molar-refractivity contribution in [1.82, 2.24) is 16.0 Å². The zero-order valence-electron chi connectivity index (χ0n) is 15.0. The average molecular weight is 348 g/mol. The van der Waals surface area contributed by atoms with Gasteiger partial charge in [0.25, 0.3) is 5.91 Å². The van der Waals surface area contributed by atoms with E-state index in [1.54, 1.807) is 14.2 Å². The van der Waals surface area contributed by atoms with Gasteiger partial charge in [-0.15, -0.1) is 0 Å². The summed E-state index contributed by atoms with van der Waals surface area (Å²) in [5.41, 5.74) is 1.19. The Kier molecular flexibility index (Phi) is 8.04. The van der Waals surface area contributed by atoms with Crippen LogP contribution >= 0.6 is 0 Å². The molecule has 0 atom stereocenters. The highest BCUT2D eigenvalue weighted by Crippen LogP contribution is 2.18. The van der Waals surface area contributed by atoms with E-state index in [1.807, 2.05) is 24.3 Å². The number of hydrogen-bond donors (Lipinski definition) is 3. The maximum absolute atomic E-state index is 11.6. The molecule has 7 heteroatoms. The zero-order valence-corrected chi connectivity index (χ0v) is 15.0. The molecule has 1 fully saturated rings. The summed E-state index contributed by atoms with van der Waals surface area (Å²) in [5.74, 6) is 1.42. The Morgan fingerprint density at radius 2 is 1.92 bits per heavy atom. The van der Waals surface area contributed by atoms with Crippen LogP contribution in [0.2, 0.25) is 0 Å². The van der Waals surface area contributed by atoms with Crippen molar-refractivity contribution >= 4 is 11.9 Å². The van der Waals surface area contributed by atoms with Gasteiger partial charge in [-0.2, -0.15) is 0 Å². The number of methoxy groups -OCH3 is 1. The normalized spacial score (nSPS) is 14.1. The van der Waals surface area contributed by atoms with Gasteiger partial charge < -0.3 is 25.4 Å². The van der Waals surface area contributed by atoms with Gasteiger partial charge in [0.2, 0.25) is 0 Å². The Hall–Kier alpha value is -2.28. The molecule has 138 valence electrons. The standard InChI is InChI=1S/C18H28N4O3/c1-19-18(21-11-12-24-2)20-10-9-14-3-7-16(8-4-14)25-13-17(23)22-15-5-6-15/h3-4,7-8,15H,5-6,9-13H2,1-2H3,(H,22,23)(H2,19,20,21). The second-order valence-corrected chi connectivity index (χ2v) is 5.94. The molecule has 0 bridgehead atoms. The molecule has 1 aliphatic carbocycles. The maximum Gasteiger partial charge on any atom is 0.258 e. The fourth-order valence-corrected chi connectivity index (χ4v) is 2.22. The molecular formula is C18H28N4O3.